The second-order valence-electron chi connectivity index (χ2n) is 3.85. The molecule has 0 aliphatic rings. The second kappa shape index (κ2) is 5.18. The third-order valence-corrected chi connectivity index (χ3v) is 3.13. The van der Waals surface area contributed by atoms with Gasteiger partial charge < -0.3 is 5.32 Å². The standard InChI is InChI=1S/C13H14N4S/c1-8(2)18-12(14)9-4-5-10-7-16-13(15-3)17-11(10)6-9/h4-7,14H,1H2,2-3H3,(H,15,16,17). The van der Waals surface area contributed by atoms with Gasteiger partial charge in [0.25, 0.3) is 0 Å². The van der Waals surface area contributed by atoms with Crippen LogP contribution in [0, 0.1) is 5.41 Å². The van der Waals surface area contributed by atoms with Crippen molar-refractivity contribution < 1.29 is 0 Å². The zero-order valence-electron chi connectivity index (χ0n) is 10.3. The van der Waals surface area contributed by atoms with Gasteiger partial charge in [0, 0.05) is 24.2 Å². The highest BCUT2D eigenvalue weighted by molar-refractivity contribution is 8.17. The van der Waals surface area contributed by atoms with E-state index in [1.54, 1.807) is 13.2 Å². The Morgan fingerprint density at radius 1 is 1.44 bits per heavy atom. The van der Waals surface area contributed by atoms with Gasteiger partial charge >= 0.3 is 0 Å². The van der Waals surface area contributed by atoms with Crippen molar-refractivity contribution in [3.05, 3.63) is 41.4 Å². The molecule has 1 aromatic heterocycles. The molecule has 4 nitrogen and oxygen atoms in total. The number of hydrogen-bond acceptors (Lipinski definition) is 5. The Morgan fingerprint density at radius 2 is 2.22 bits per heavy atom. The first-order valence-electron chi connectivity index (χ1n) is 5.47. The van der Waals surface area contributed by atoms with E-state index < -0.39 is 0 Å². The average molecular weight is 258 g/mol. The van der Waals surface area contributed by atoms with Crippen molar-refractivity contribution in [1.29, 1.82) is 5.41 Å². The van der Waals surface area contributed by atoms with E-state index in [0.717, 1.165) is 21.4 Å². The molecule has 1 heterocycles. The topological polar surface area (TPSA) is 61.7 Å². The molecule has 0 bridgehead atoms. The summed E-state index contributed by atoms with van der Waals surface area (Å²) in [5, 5.41) is 12.3. The molecule has 0 saturated heterocycles. The summed E-state index contributed by atoms with van der Waals surface area (Å²) in [7, 11) is 1.78. The maximum absolute atomic E-state index is 7.98. The van der Waals surface area contributed by atoms with Crippen molar-refractivity contribution in [3.8, 4) is 0 Å². The normalized spacial score (nSPS) is 10.3. The molecule has 0 aliphatic heterocycles. The van der Waals surface area contributed by atoms with E-state index in [2.05, 4.69) is 21.9 Å². The molecule has 0 unspecified atom stereocenters. The number of fused-ring (bicyclic) bond motifs is 1. The molecule has 0 fully saturated rings. The third kappa shape index (κ3) is 2.68. The molecule has 0 spiro atoms. The maximum atomic E-state index is 7.98. The Kier molecular flexibility index (Phi) is 3.62. The van der Waals surface area contributed by atoms with Gasteiger partial charge in [0.1, 0.15) is 0 Å². The first-order valence-corrected chi connectivity index (χ1v) is 6.28. The molecular formula is C13H14N4S. The van der Waals surface area contributed by atoms with Gasteiger partial charge in [-0.2, -0.15) is 0 Å². The van der Waals surface area contributed by atoms with Crippen molar-refractivity contribution in [3.63, 3.8) is 0 Å². The van der Waals surface area contributed by atoms with Crippen LogP contribution in [-0.4, -0.2) is 22.1 Å². The van der Waals surface area contributed by atoms with Gasteiger partial charge in [0.05, 0.1) is 10.6 Å². The van der Waals surface area contributed by atoms with Gasteiger partial charge in [-0.05, 0) is 17.9 Å². The van der Waals surface area contributed by atoms with Gasteiger partial charge in [0.15, 0.2) is 0 Å². The first-order chi connectivity index (χ1) is 8.60. The van der Waals surface area contributed by atoms with Crippen LogP contribution in [-0.2, 0) is 0 Å². The second-order valence-corrected chi connectivity index (χ2v) is 5.16. The molecule has 0 amide bonds. The van der Waals surface area contributed by atoms with Crippen LogP contribution >= 0.6 is 11.8 Å². The molecule has 5 heteroatoms. The minimum Gasteiger partial charge on any atom is -0.357 e. The zero-order chi connectivity index (χ0) is 13.1. The van der Waals surface area contributed by atoms with E-state index in [1.165, 1.54) is 11.8 Å². The number of rotatable bonds is 3. The van der Waals surface area contributed by atoms with E-state index in [4.69, 9.17) is 5.41 Å². The molecule has 2 rings (SSSR count). The summed E-state index contributed by atoms with van der Waals surface area (Å²) < 4.78 is 0. The minimum absolute atomic E-state index is 0.481. The van der Waals surface area contributed by atoms with Crippen LogP contribution in [0.15, 0.2) is 35.9 Å². The first kappa shape index (κ1) is 12.6. The third-order valence-electron chi connectivity index (χ3n) is 2.34. The van der Waals surface area contributed by atoms with Gasteiger partial charge in [-0.3, -0.25) is 5.41 Å². The summed E-state index contributed by atoms with van der Waals surface area (Å²) >= 11 is 1.36. The van der Waals surface area contributed by atoms with Crippen molar-refractivity contribution in [1.82, 2.24) is 9.97 Å². The van der Waals surface area contributed by atoms with Crippen LogP contribution in [0.1, 0.15) is 12.5 Å². The number of nitrogens with zero attached hydrogens (tertiary/aromatic N) is 2. The van der Waals surface area contributed by atoms with Gasteiger partial charge in [-0.25, -0.2) is 9.97 Å². The number of allylic oxidation sites excluding steroid dienone is 1. The molecule has 92 valence electrons. The molecule has 2 N–H and O–H groups in total. The molecule has 0 saturated carbocycles. The quantitative estimate of drug-likeness (QED) is 0.655. The monoisotopic (exact) mass is 258 g/mol. The minimum atomic E-state index is 0.481. The van der Waals surface area contributed by atoms with Gasteiger partial charge in [0.2, 0.25) is 5.95 Å². The van der Waals surface area contributed by atoms with Crippen molar-refractivity contribution >= 4 is 33.7 Å². The smallest absolute Gasteiger partial charge is 0.222 e. The van der Waals surface area contributed by atoms with Gasteiger partial charge in [-0.15, -0.1) is 0 Å². The highest BCUT2D eigenvalue weighted by Gasteiger charge is 2.05. The predicted molar refractivity (Wildman–Crippen MR) is 78.3 cm³/mol. The SMILES string of the molecule is C=C(C)SC(=N)c1ccc2cnc(NC)nc2c1. The van der Waals surface area contributed by atoms with Crippen LogP contribution in [0.25, 0.3) is 10.9 Å². The lowest BCUT2D eigenvalue weighted by Crippen LogP contribution is -1.98. The fraction of sp³-hybridized carbons (Fsp3) is 0.154. The van der Waals surface area contributed by atoms with E-state index in [-0.39, 0.29) is 0 Å². The van der Waals surface area contributed by atoms with Crippen LogP contribution in [0.4, 0.5) is 5.95 Å². The number of hydrogen-bond donors (Lipinski definition) is 2. The van der Waals surface area contributed by atoms with Crippen LogP contribution in [0.5, 0.6) is 0 Å². The fourth-order valence-electron chi connectivity index (χ4n) is 1.52. The molecule has 0 atom stereocenters. The summed E-state index contributed by atoms with van der Waals surface area (Å²) in [4.78, 5) is 9.42. The van der Waals surface area contributed by atoms with Crippen molar-refractivity contribution in [2.45, 2.75) is 6.92 Å². The lowest BCUT2D eigenvalue weighted by molar-refractivity contribution is 1.19. The highest BCUT2D eigenvalue weighted by Crippen LogP contribution is 2.22. The Morgan fingerprint density at radius 3 is 2.89 bits per heavy atom. The molecule has 0 radical (unpaired) electrons. The maximum Gasteiger partial charge on any atom is 0.222 e. The van der Waals surface area contributed by atoms with E-state index in [9.17, 15) is 0 Å². The number of thioether (sulfide) groups is 1. The highest BCUT2D eigenvalue weighted by atomic mass is 32.2. The number of benzene rings is 1. The molecule has 1 aromatic carbocycles. The zero-order valence-corrected chi connectivity index (χ0v) is 11.1. The molecule has 2 aromatic rings. The summed E-state index contributed by atoms with van der Waals surface area (Å²) in [5.74, 6) is 0.582. The van der Waals surface area contributed by atoms with Crippen molar-refractivity contribution in [2.24, 2.45) is 0 Å². The Bertz CT molecular complexity index is 621. The van der Waals surface area contributed by atoms with Crippen LogP contribution < -0.4 is 5.32 Å². The van der Waals surface area contributed by atoms with E-state index in [1.807, 2.05) is 25.1 Å². The van der Waals surface area contributed by atoms with E-state index in [0.29, 0.717) is 11.0 Å². The largest absolute Gasteiger partial charge is 0.357 e. The number of aromatic nitrogens is 2. The summed E-state index contributed by atoms with van der Waals surface area (Å²) in [6.45, 7) is 5.69. The number of nitrogens with one attached hydrogen (secondary N) is 2. The lowest BCUT2D eigenvalue weighted by Gasteiger charge is -2.05. The number of anilines is 1. The Balaban J connectivity index is 2.42. The van der Waals surface area contributed by atoms with Crippen LogP contribution in [0.3, 0.4) is 0 Å². The summed E-state index contributed by atoms with van der Waals surface area (Å²) in [5.41, 5.74) is 1.68. The molecular weight excluding hydrogens is 244 g/mol. The lowest BCUT2D eigenvalue weighted by atomic mass is 10.2. The average Bonchev–Trinajstić information content (AvgIpc) is 2.36. The molecule has 18 heavy (non-hydrogen) atoms. The van der Waals surface area contributed by atoms with Crippen LogP contribution in [0.2, 0.25) is 0 Å². The summed E-state index contributed by atoms with van der Waals surface area (Å²) in [6, 6.07) is 5.73. The Hall–Kier alpha value is -1.88. The summed E-state index contributed by atoms with van der Waals surface area (Å²) in [6.07, 6.45) is 1.77. The fourth-order valence-corrected chi connectivity index (χ4v) is 2.11. The molecule has 0 aliphatic carbocycles. The predicted octanol–water partition coefficient (Wildman–Crippen LogP) is 3.26. The van der Waals surface area contributed by atoms with Crippen molar-refractivity contribution in [2.75, 3.05) is 12.4 Å². The van der Waals surface area contributed by atoms with E-state index >= 15 is 0 Å². The van der Waals surface area contributed by atoms with Gasteiger partial charge in [-0.1, -0.05) is 30.5 Å². The Labute approximate surface area is 110 Å².